The first kappa shape index (κ1) is 25.6. The Morgan fingerprint density at radius 2 is 1.85 bits per heavy atom. The van der Waals surface area contributed by atoms with E-state index < -0.39 is 0 Å². The van der Waals surface area contributed by atoms with Crippen LogP contribution >= 0.6 is 0 Å². The monoisotopic (exact) mass is 528 g/mol. The number of fused-ring (bicyclic) bond motifs is 2. The van der Waals surface area contributed by atoms with Crippen LogP contribution in [0.2, 0.25) is 0 Å². The van der Waals surface area contributed by atoms with Gasteiger partial charge in [0.05, 0.1) is 23.3 Å². The van der Waals surface area contributed by atoms with Crippen molar-refractivity contribution in [3.05, 3.63) is 53.6 Å². The molecule has 1 atom stereocenters. The molecule has 3 heterocycles. The molecule has 2 fully saturated rings. The number of carbonyl (C=O) groups is 2. The topological polar surface area (TPSA) is 92.8 Å². The molecule has 2 aliphatic heterocycles. The molecule has 0 bridgehead atoms. The van der Waals surface area contributed by atoms with E-state index in [1.807, 2.05) is 42.5 Å². The fourth-order valence-corrected chi connectivity index (χ4v) is 6.17. The minimum absolute atomic E-state index is 0.00667. The normalized spacial score (nSPS) is 18.9. The molecule has 1 aliphatic carbocycles. The number of hydrogen-bond acceptors (Lipinski definition) is 6. The zero-order valence-corrected chi connectivity index (χ0v) is 22.5. The molecule has 2 N–H and O–H groups in total. The summed E-state index contributed by atoms with van der Waals surface area (Å²) in [5, 5.41) is 7.01. The van der Waals surface area contributed by atoms with Crippen molar-refractivity contribution in [3.63, 3.8) is 0 Å². The minimum Gasteiger partial charge on any atom is -0.486 e. The number of nitrogens with zero attached hydrogens (tertiary/aromatic N) is 2. The maximum atomic E-state index is 14.3. The second-order valence-electron chi connectivity index (χ2n) is 10.9. The van der Waals surface area contributed by atoms with Crippen LogP contribution in [0.5, 0.6) is 11.5 Å². The largest absolute Gasteiger partial charge is 0.486 e. The van der Waals surface area contributed by atoms with E-state index >= 15 is 0 Å². The van der Waals surface area contributed by atoms with Gasteiger partial charge in [-0.15, -0.1) is 0 Å². The third-order valence-corrected chi connectivity index (χ3v) is 8.24. The molecule has 1 saturated heterocycles. The molecular weight excluding hydrogens is 492 g/mol. The summed E-state index contributed by atoms with van der Waals surface area (Å²) in [5.74, 6) is 1.63. The standard InChI is InChI=1S/C31H36N4O4/c1-20(21-8-4-2-5-9-21)33-31(37)29-23-16-26-27(39-15-14-38-26)17-25(23)34-30(22-10-6-3-7-11-22)24(29)18-35-13-12-32-28(36)19-35/h3,6-7,10-11,16-17,20-21H,2,4-5,8-9,12-15,18-19H2,1H3,(H,32,36)(H,33,37)/t20-/m0/s1. The molecule has 3 aliphatic rings. The van der Waals surface area contributed by atoms with Gasteiger partial charge in [0.15, 0.2) is 11.5 Å². The van der Waals surface area contributed by atoms with Crippen LogP contribution in [-0.2, 0) is 11.3 Å². The zero-order valence-electron chi connectivity index (χ0n) is 22.5. The molecule has 204 valence electrons. The summed E-state index contributed by atoms with van der Waals surface area (Å²) in [4.78, 5) is 33.7. The lowest BCUT2D eigenvalue weighted by Crippen LogP contribution is -2.47. The molecule has 2 amide bonds. The van der Waals surface area contributed by atoms with Crippen molar-refractivity contribution in [2.24, 2.45) is 5.92 Å². The van der Waals surface area contributed by atoms with Gasteiger partial charge in [-0.05, 0) is 31.7 Å². The van der Waals surface area contributed by atoms with Gasteiger partial charge in [0.2, 0.25) is 5.91 Å². The Morgan fingerprint density at radius 1 is 1.10 bits per heavy atom. The van der Waals surface area contributed by atoms with Crippen molar-refractivity contribution >= 4 is 22.7 Å². The Hall–Kier alpha value is -3.65. The molecule has 2 aromatic carbocycles. The van der Waals surface area contributed by atoms with Crippen molar-refractivity contribution in [3.8, 4) is 22.8 Å². The first-order valence-corrected chi connectivity index (χ1v) is 14.2. The number of carbonyl (C=O) groups excluding carboxylic acids is 2. The van der Waals surface area contributed by atoms with Gasteiger partial charge in [0.25, 0.3) is 5.91 Å². The van der Waals surface area contributed by atoms with Crippen molar-refractivity contribution < 1.29 is 19.1 Å². The third kappa shape index (κ3) is 5.43. The Morgan fingerprint density at radius 3 is 2.59 bits per heavy atom. The number of ether oxygens (including phenoxy) is 2. The van der Waals surface area contributed by atoms with Crippen LogP contribution in [0.4, 0.5) is 0 Å². The Labute approximate surface area is 229 Å². The summed E-state index contributed by atoms with van der Waals surface area (Å²) in [6.07, 6.45) is 5.98. The molecule has 1 saturated carbocycles. The van der Waals surface area contributed by atoms with E-state index in [1.165, 1.54) is 19.3 Å². The van der Waals surface area contributed by atoms with Crippen LogP contribution in [0.15, 0.2) is 42.5 Å². The Balaban J connectivity index is 1.51. The highest BCUT2D eigenvalue weighted by atomic mass is 16.6. The van der Waals surface area contributed by atoms with Crippen molar-refractivity contribution in [2.45, 2.75) is 51.6 Å². The van der Waals surface area contributed by atoms with Gasteiger partial charge in [-0.1, -0.05) is 49.6 Å². The minimum atomic E-state index is -0.106. The van der Waals surface area contributed by atoms with Gasteiger partial charge >= 0.3 is 0 Å². The maximum absolute atomic E-state index is 14.3. The number of piperazine rings is 1. The van der Waals surface area contributed by atoms with Gasteiger partial charge in [0.1, 0.15) is 13.2 Å². The van der Waals surface area contributed by atoms with Crippen LogP contribution < -0.4 is 20.1 Å². The average molecular weight is 529 g/mol. The molecule has 8 heteroatoms. The van der Waals surface area contributed by atoms with Gasteiger partial charge in [-0.3, -0.25) is 14.5 Å². The number of benzene rings is 2. The predicted molar refractivity (Wildman–Crippen MR) is 150 cm³/mol. The van der Waals surface area contributed by atoms with Crippen LogP contribution in [0.1, 0.15) is 54.9 Å². The smallest absolute Gasteiger partial charge is 0.252 e. The number of pyridine rings is 1. The van der Waals surface area contributed by atoms with Gasteiger partial charge in [-0.25, -0.2) is 4.98 Å². The lowest BCUT2D eigenvalue weighted by atomic mass is 9.84. The SMILES string of the molecule is C[C@H](NC(=O)c1c(CN2CCNC(=O)C2)c(-c2ccccc2)nc2cc3c(cc12)OCCO3)C1CCCCC1. The van der Waals surface area contributed by atoms with E-state index in [4.69, 9.17) is 14.5 Å². The van der Waals surface area contributed by atoms with E-state index in [1.54, 1.807) is 0 Å². The van der Waals surface area contributed by atoms with E-state index in [0.29, 0.717) is 61.3 Å². The average Bonchev–Trinajstić information content (AvgIpc) is 2.96. The first-order valence-electron chi connectivity index (χ1n) is 14.2. The van der Waals surface area contributed by atoms with E-state index in [-0.39, 0.29) is 24.4 Å². The molecule has 0 unspecified atom stereocenters. The molecule has 1 aromatic heterocycles. The first-order chi connectivity index (χ1) is 19.1. The van der Waals surface area contributed by atoms with E-state index in [9.17, 15) is 9.59 Å². The summed E-state index contributed by atoms with van der Waals surface area (Å²) < 4.78 is 11.8. The van der Waals surface area contributed by atoms with Crippen LogP contribution in [0.25, 0.3) is 22.2 Å². The van der Waals surface area contributed by atoms with Crippen molar-refractivity contribution in [1.82, 2.24) is 20.5 Å². The molecule has 0 spiro atoms. The highest BCUT2D eigenvalue weighted by Crippen LogP contribution is 2.39. The summed E-state index contributed by atoms with van der Waals surface area (Å²) in [6.45, 7) is 5.08. The fraction of sp³-hybridized carbons (Fsp3) is 0.452. The highest BCUT2D eigenvalue weighted by molar-refractivity contribution is 6.09. The van der Waals surface area contributed by atoms with Crippen molar-refractivity contribution in [1.29, 1.82) is 0 Å². The molecule has 0 radical (unpaired) electrons. The molecule has 3 aromatic rings. The third-order valence-electron chi connectivity index (χ3n) is 8.24. The number of hydrogen-bond donors (Lipinski definition) is 2. The number of rotatable bonds is 6. The van der Waals surface area contributed by atoms with E-state index in [0.717, 1.165) is 35.0 Å². The Bertz CT molecular complexity index is 1370. The molecule has 6 rings (SSSR count). The highest BCUT2D eigenvalue weighted by Gasteiger charge is 2.29. The lowest BCUT2D eigenvalue weighted by Gasteiger charge is -2.30. The van der Waals surface area contributed by atoms with Crippen LogP contribution in [-0.4, -0.2) is 60.6 Å². The van der Waals surface area contributed by atoms with Gasteiger partial charge in [0, 0.05) is 48.3 Å². The van der Waals surface area contributed by atoms with Gasteiger partial charge < -0.3 is 20.1 Å². The fourth-order valence-electron chi connectivity index (χ4n) is 6.17. The maximum Gasteiger partial charge on any atom is 0.252 e. The molecular formula is C31H36N4O4. The zero-order chi connectivity index (χ0) is 26.8. The Kier molecular flexibility index (Phi) is 7.37. The van der Waals surface area contributed by atoms with Crippen LogP contribution in [0.3, 0.4) is 0 Å². The summed E-state index contributed by atoms with van der Waals surface area (Å²) in [7, 11) is 0. The van der Waals surface area contributed by atoms with Crippen molar-refractivity contribution in [2.75, 3.05) is 32.8 Å². The second-order valence-corrected chi connectivity index (χ2v) is 10.9. The predicted octanol–water partition coefficient (Wildman–Crippen LogP) is 4.30. The van der Waals surface area contributed by atoms with E-state index in [2.05, 4.69) is 22.5 Å². The van der Waals surface area contributed by atoms with Gasteiger partial charge in [-0.2, -0.15) is 0 Å². The summed E-state index contributed by atoms with van der Waals surface area (Å²) in [6, 6.07) is 13.8. The van der Waals surface area contributed by atoms with Crippen LogP contribution in [0, 0.1) is 5.92 Å². The number of amides is 2. The number of aromatic nitrogens is 1. The quantitative estimate of drug-likeness (QED) is 0.496. The number of nitrogens with one attached hydrogen (secondary N) is 2. The molecule has 39 heavy (non-hydrogen) atoms. The second kappa shape index (κ2) is 11.2. The summed E-state index contributed by atoms with van der Waals surface area (Å²) >= 11 is 0. The lowest BCUT2D eigenvalue weighted by molar-refractivity contribution is -0.124. The summed E-state index contributed by atoms with van der Waals surface area (Å²) in [5.41, 5.74) is 3.80. The molecule has 8 nitrogen and oxygen atoms in total.